The standard InChI is InChI=1S/C35H40N2O/c1-37(24-35-20-27-15-28(21-35)17-29(16-27)22-35)23-26-9-7-25(8-10-26)11-13-33(38)19-32-18-31(12-14-34(32)36)30-5-3-2-4-6-30/h2-14,18,27-29H,15-17,19-24,36H2,1H3/b13-11+. The maximum atomic E-state index is 12.8. The van der Waals surface area contributed by atoms with Crippen molar-refractivity contribution in [1.29, 1.82) is 0 Å². The molecular formula is C35H40N2O. The lowest BCUT2D eigenvalue weighted by Gasteiger charge is -2.57. The summed E-state index contributed by atoms with van der Waals surface area (Å²) in [5.74, 6) is 3.08. The first kappa shape index (κ1) is 25.1. The van der Waals surface area contributed by atoms with Crippen molar-refractivity contribution in [1.82, 2.24) is 4.90 Å². The Morgan fingerprint density at radius 2 is 1.55 bits per heavy atom. The molecule has 3 nitrogen and oxygen atoms in total. The lowest BCUT2D eigenvalue weighted by Crippen LogP contribution is -2.50. The van der Waals surface area contributed by atoms with Gasteiger partial charge in [-0.2, -0.15) is 0 Å². The molecule has 196 valence electrons. The van der Waals surface area contributed by atoms with Crippen molar-refractivity contribution in [2.24, 2.45) is 23.2 Å². The first-order chi connectivity index (χ1) is 18.4. The van der Waals surface area contributed by atoms with Crippen LogP contribution in [0.1, 0.15) is 55.2 Å². The van der Waals surface area contributed by atoms with Gasteiger partial charge in [-0.3, -0.25) is 4.79 Å². The van der Waals surface area contributed by atoms with Crippen LogP contribution in [0.3, 0.4) is 0 Å². The Labute approximate surface area is 227 Å². The van der Waals surface area contributed by atoms with Gasteiger partial charge in [-0.05, 0) is 115 Å². The summed E-state index contributed by atoms with van der Waals surface area (Å²) in [5, 5.41) is 0. The first-order valence-electron chi connectivity index (χ1n) is 14.4. The van der Waals surface area contributed by atoms with E-state index in [2.05, 4.69) is 48.3 Å². The van der Waals surface area contributed by atoms with E-state index in [0.717, 1.165) is 46.6 Å². The van der Waals surface area contributed by atoms with Gasteiger partial charge >= 0.3 is 0 Å². The zero-order valence-corrected chi connectivity index (χ0v) is 22.6. The van der Waals surface area contributed by atoms with Crippen LogP contribution in [0.4, 0.5) is 5.69 Å². The minimum absolute atomic E-state index is 0.0568. The molecule has 0 heterocycles. The van der Waals surface area contributed by atoms with Gasteiger partial charge in [0.15, 0.2) is 5.78 Å². The summed E-state index contributed by atoms with van der Waals surface area (Å²) in [5.41, 5.74) is 12.9. The highest BCUT2D eigenvalue weighted by Crippen LogP contribution is 2.60. The number of carbonyl (C=O) groups is 1. The monoisotopic (exact) mass is 504 g/mol. The largest absolute Gasteiger partial charge is 0.398 e. The summed E-state index contributed by atoms with van der Waals surface area (Å²) in [6, 6.07) is 24.8. The smallest absolute Gasteiger partial charge is 0.160 e. The van der Waals surface area contributed by atoms with Crippen molar-refractivity contribution in [2.75, 3.05) is 19.3 Å². The number of ketones is 1. The average molecular weight is 505 g/mol. The number of benzene rings is 3. The maximum absolute atomic E-state index is 12.8. The SMILES string of the molecule is CN(Cc1ccc(/C=C/C(=O)Cc2cc(-c3ccccc3)ccc2N)cc1)CC12CC3CC(CC(C3)C1)C2. The van der Waals surface area contributed by atoms with E-state index in [4.69, 9.17) is 5.73 Å². The average Bonchev–Trinajstić information content (AvgIpc) is 2.89. The summed E-state index contributed by atoms with van der Waals surface area (Å²) >= 11 is 0. The molecular weight excluding hydrogens is 464 g/mol. The molecule has 0 amide bonds. The summed E-state index contributed by atoms with van der Waals surface area (Å²) in [4.78, 5) is 15.3. The van der Waals surface area contributed by atoms with Crippen LogP contribution in [0, 0.1) is 23.2 Å². The van der Waals surface area contributed by atoms with E-state index in [1.165, 1.54) is 50.6 Å². The molecule has 3 heteroatoms. The number of nitrogens with zero attached hydrogens (tertiary/aromatic N) is 1. The van der Waals surface area contributed by atoms with E-state index in [1.807, 2.05) is 42.5 Å². The van der Waals surface area contributed by atoms with Crippen LogP contribution in [0.2, 0.25) is 0 Å². The molecule has 0 unspecified atom stereocenters. The molecule has 4 fully saturated rings. The van der Waals surface area contributed by atoms with Gasteiger partial charge in [0, 0.05) is 25.2 Å². The summed E-state index contributed by atoms with van der Waals surface area (Å²) in [7, 11) is 2.30. The number of carbonyl (C=O) groups excluding carboxylic acids is 1. The molecule has 4 saturated carbocycles. The second-order valence-corrected chi connectivity index (χ2v) is 12.6. The molecule has 2 N–H and O–H groups in total. The second kappa shape index (κ2) is 10.5. The van der Waals surface area contributed by atoms with E-state index in [1.54, 1.807) is 6.08 Å². The van der Waals surface area contributed by atoms with Gasteiger partial charge in [0.2, 0.25) is 0 Å². The van der Waals surface area contributed by atoms with Crippen molar-refractivity contribution in [3.8, 4) is 11.1 Å². The third kappa shape index (κ3) is 5.63. The Hall–Kier alpha value is -3.17. The number of hydrogen-bond acceptors (Lipinski definition) is 3. The first-order valence-corrected chi connectivity index (χ1v) is 14.4. The van der Waals surface area contributed by atoms with Crippen molar-refractivity contribution >= 4 is 17.5 Å². The van der Waals surface area contributed by atoms with Crippen LogP contribution in [0.15, 0.2) is 78.9 Å². The number of nitrogens with two attached hydrogens (primary N) is 1. The third-order valence-corrected chi connectivity index (χ3v) is 9.28. The van der Waals surface area contributed by atoms with E-state index in [9.17, 15) is 4.79 Å². The molecule has 0 radical (unpaired) electrons. The van der Waals surface area contributed by atoms with Crippen LogP contribution >= 0.6 is 0 Å². The molecule has 7 rings (SSSR count). The number of rotatable bonds is 9. The predicted octanol–water partition coefficient (Wildman–Crippen LogP) is 7.41. The Morgan fingerprint density at radius 1 is 0.895 bits per heavy atom. The van der Waals surface area contributed by atoms with Crippen LogP contribution in [0.5, 0.6) is 0 Å². The molecule has 0 saturated heterocycles. The van der Waals surface area contributed by atoms with Crippen molar-refractivity contribution in [2.45, 2.75) is 51.5 Å². The summed E-state index contributed by atoms with van der Waals surface area (Å²) in [6.45, 7) is 2.23. The van der Waals surface area contributed by atoms with Crippen LogP contribution < -0.4 is 5.73 Å². The number of allylic oxidation sites excluding steroid dienone is 1. The third-order valence-electron chi connectivity index (χ3n) is 9.28. The maximum Gasteiger partial charge on any atom is 0.160 e. The quantitative estimate of drug-likeness (QED) is 0.244. The normalized spacial score (nSPS) is 25.9. The molecule has 4 aliphatic carbocycles. The van der Waals surface area contributed by atoms with Gasteiger partial charge in [0.05, 0.1) is 0 Å². The minimum atomic E-state index is 0.0568. The van der Waals surface area contributed by atoms with Gasteiger partial charge in [-0.25, -0.2) is 0 Å². The molecule has 4 bridgehead atoms. The van der Waals surface area contributed by atoms with Gasteiger partial charge in [-0.15, -0.1) is 0 Å². The van der Waals surface area contributed by atoms with Crippen LogP contribution in [-0.2, 0) is 17.8 Å². The molecule has 38 heavy (non-hydrogen) atoms. The fourth-order valence-electron chi connectivity index (χ4n) is 8.16. The molecule has 0 aromatic heterocycles. The Kier molecular flexibility index (Phi) is 6.97. The van der Waals surface area contributed by atoms with Crippen LogP contribution in [0.25, 0.3) is 17.2 Å². The predicted molar refractivity (Wildman–Crippen MR) is 157 cm³/mol. The Balaban J connectivity index is 1.04. The van der Waals surface area contributed by atoms with Gasteiger partial charge < -0.3 is 10.6 Å². The molecule has 0 aliphatic heterocycles. The topological polar surface area (TPSA) is 46.3 Å². The van der Waals surface area contributed by atoms with Gasteiger partial charge in [0.25, 0.3) is 0 Å². The highest BCUT2D eigenvalue weighted by atomic mass is 16.1. The lowest BCUT2D eigenvalue weighted by molar-refractivity contribution is -0.113. The van der Waals surface area contributed by atoms with E-state index in [-0.39, 0.29) is 5.78 Å². The van der Waals surface area contributed by atoms with Gasteiger partial charge in [-0.1, -0.05) is 66.7 Å². The lowest BCUT2D eigenvalue weighted by atomic mass is 9.49. The van der Waals surface area contributed by atoms with E-state index >= 15 is 0 Å². The molecule has 0 atom stereocenters. The fraction of sp³-hybridized carbons (Fsp3) is 0.400. The van der Waals surface area contributed by atoms with Crippen molar-refractivity contribution < 1.29 is 4.79 Å². The highest BCUT2D eigenvalue weighted by molar-refractivity contribution is 5.96. The van der Waals surface area contributed by atoms with Crippen molar-refractivity contribution in [3.63, 3.8) is 0 Å². The van der Waals surface area contributed by atoms with E-state index < -0.39 is 0 Å². The van der Waals surface area contributed by atoms with Gasteiger partial charge in [0.1, 0.15) is 0 Å². The number of hydrogen-bond donors (Lipinski definition) is 1. The fourth-order valence-corrected chi connectivity index (χ4v) is 8.16. The van der Waals surface area contributed by atoms with Crippen molar-refractivity contribution in [3.05, 3.63) is 95.6 Å². The summed E-state index contributed by atoms with van der Waals surface area (Å²) < 4.78 is 0. The number of anilines is 1. The second-order valence-electron chi connectivity index (χ2n) is 12.6. The molecule has 4 aliphatic rings. The van der Waals surface area contributed by atoms with Crippen LogP contribution in [-0.4, -0.2) is 24.3 Å². The molecule has 0 spiro atoms. The Bertz CT molecular complexity index is 1270. The zero-order valence-electron chi connectivity index (χ0n) is 22.6. The summed E-state index contributed by atoms with van der Waals surface area (Å²) in [6.07, 6.45) is 12.8. The zero-order chi connectivity index (χ0) is 26.1. The number of nitrogen functional groups attached to an aromatic ring is 1. The molecule has 3 aromatic rings. The minimum Gasteiger partial charge on any atom is -0.398 e. The Morgan fingerprint density at radius 3 is 2.21 bits per heavy atom. The van der Waals surface area contributed by atoms with E-state index in [0.29, 0.717) is 17.5 Å². The molecule has 3 aromatic carbocycles. The highest BCUT2D eigenvalue weighted by Gasteiger charge is 2.50.